The Morgan fingerprint density at radius 3 is 2.81 bits per heavy atom. The van der Waals surface area contributed by atoms with E-state index < -0.39 is 0 Å². The van der Waals surface area contributed by atoms with E-state index in [1.807, 2.05) is 22.9 Å². The molecule has 0 aliphatic carbocycles. The molecule has 1 saturated heterocycles. The number of para-hydroxylation sites is 1. The summed E-state index contributed by atoms with van der Waals surface area (Å²) in [4.78, 5) is 0. The van der Waals surface area contributed by atoms with Crippen molar-refractivity contribution < 1.29 is 4.48 Å². The molecule has 0 atom stereocenters. The number of likely N-dealkylation sites (tertiary alicyclic amines) is 1. The first-order valence-corrected chi connectivity index (χ1v) is 5.89. The second-order valence-corrected chi connectivity index (χ2v) is 4.99. The maximum absolute atomic E-state index is 4.26. The maximum Gasteiger partial charge on any atom is 0.176 e. The Bertz CT molecular complexity index is 496. The molecule has 16 heavy (non-hydrogen) atoms. The van der Waals surface area contributed by atoms with Gasteiger partial charge in [0.05, 0.1) is 25.7 Å². The Morgan fingerprint density at radius 2 is 2.00 bits per heavy atom. The maximum atomic E-state index is 4.26. The lowest BCUT2D eigenvalue weighted by Crippen LogP contribution is -2.42. The summed E-state index contributed by atoms with van der Waals surface area (Å²) < 4.78 is 3.13. The molecular weight excluding hydrogens is 200 g/mol. The minimum atomic E-state index is 0.945. The summed E-state index contributed by atoms with van der Waals surface area (Å²) in [7, 11) is 2.31. The average molecular weight is 217 g/mol. The van der Waals surface area contributed by atoms with Crippen molar-refractivity contribution >= 4 is 11.0 Å². The molecule has 4 nitrogen and oxygen atoms in total. The third kappa shape index (κ3) is 1.59. The molecule has 1 aliphatic heterocycles. The van der Waals surface area contributed by atoms with Crippen LogP contribution in [-0.2, 0) is 6.67 Å². The Hall–Kier alpha value is -1.42. The first-order valence-electron chi connectivity index (χ1n) is 5.89. The number of hydrogen-bond acceptors (Lipinski definition) is 2. The van der Waals surface area contributed by atoms with Gasteiger partial charge >= 0.3 is 0 Å². The molecule has 0 spiro atoms. The number of fused-ring (bicyclic) bond motifs is 1. The van der Waals surface area contributed by atoms with E-state index in [9.17, 15) is 0 Å². The van der Waals surface area contributed by atoms with Crippen LogP contribution in [0.25, 0.3) is 11.0 Å². The van der Waals surface area contributed by atoms with Gasteiger partial charge in [-0.2, -0.15) is 4.68 Å². The number of benzene rings is 1. The Labute approximate surface area is 95.1 Å². The number of aromatic nitrogens is 3. The number of hydrogen-bond donors (Lipinski definition) is 0. The van der Waals surface area contributed by atoms with E-state index in [-0.39, 0.29) is 0 Å². The lowest BCUT2D eigenvalue weighted by molar-refractivity contribution is -0.919. The van der Waals surface area contributed by atoms with Gasteiger partial charge in [-0.15, -0.1) is 5.10 Å². The minimum absolute atomic E-state index is 0.945. The highest BCUT2D eigenvalue weighted by atomic mass is 15.5. The molecule has 0 saturated carbocycles. The van der Waals surface area contributed by atoms with Gasteiger partial charge in [-0.3, -0.25) is 0 Å². The predicted octanol–water partition coefficient (Wildman–Crippen LogP) is 1.63. The summed E-state index contributed by atoms with van der Waals surface area (Å²) in [6, 6.07) is 8.17. The summed E-state index contributed by atoms with van der Waals surface area (Å²) in [5.74, 6) is 0. The van der Waals surface area contributed by atoms with Crippen LogP contribution in [0.2, 0.25) is 0 Å². The fourth-order valence-electron chi connectivity index (χ4n) is 2.59. The summed E-state index contributed by atoms with van der Waals surface area (Å²) in [5.41, 5.74) is 2.14. The standard InChI is InChI=1S/C12H17N4/c1-16(8-4-5-9-16)10-15-12-7-3-2-6-11(12)13-14-15/h2-3,6-7H,4-5,8-10H2,1H3/q+1. The van der Waals surface area contributed by atoms with Crippen LogP contribution >= 0.6 is 0 Å². The molecule has 0 amide bonds. The van der Waals surface area contributed by atoms with E-state index >= 15 is 0 Å². The van der Waals surface area contributed by atoms with Crippen molar-refractivity contribution in [1.29, 1.82) is 0 Å². The normalized spacial score (nSPS) is 19.3. The monoisotopic (exact) mass is 217 g/mol. The highest BCUT2D eigenvalue weighted by molar-refractivity contribution is 5.73. The van der Waals surface area contributed by atoms with Crippen molar-refractivity contribution in [2.45, 2.75) is 19.5 Å². The SMILES string of the molecule is C[N+]1(Cn2nnc3ccccc32)CCCC1. The predicted molar refractivity (Wildman–Crippen MR) is 62.7 cm³/mol. The van der Waals surface area contributed by atoms with Gasteiger partial charge in [0.15, 0.2) is 6.67 Å². The lowest BCUT2D eigenvalue weighted by Gasteiger charge is -2.28. The van der Waals surface area contributed by atoms with E-state index in [1.165, 1.54) is 25.9 Å². The summed E-state index contributed by atoms with van der Waals surface area (Å²) in [6.07, 6.45) is 2.67. The molecule has 2 heterocycles. The molecule has 4 heteroatoms. The van der Waals surface area contributed by atoms with Crippen LogP contribution in [0.1, 0.15) is 12.8 Å². The fraction of sp³-hybridized carbons (Fsp3) is 0.500. The van der Waals surface area contributed by atoms with Gasteiger partial charge in [0.2, 0.25) is 0 Å². The average Bonchev–Trinajstić information content (AvgIpc) is 2.87. The van der Waals surface area contributed by atoms with E-state index in [1.54, 1.807) is 0 Å². The van der Waals surface area contributed by atoms with Gasteiger partial charge in [-0.1, -0.05) is 17.3 Å². The molecule has 0 radical (unpaired) electrons. The molecule has 1 aromatic heterocycles. The zero-order valence-corrected chi connectivity index (χ0v) is 9.63. The molecule has 1 fully saturated rings. The van der Waals surface area contributed by atoms with E-state index in [0.29, 0.717) is 0 Å². The molecule has 0 N–H and O–H groups in total. The first-order chi connectivity index (χ1) is 7.77. The minimum Gasteiger partial charge on any atom is -0.307 e. The van der Waals surface area contributed by atoms with Crippen LogP contribution in [0.15, 0.2) is 24.3 Å². The molecule has 84 valence electrons. The van der Waals surface area contributed by atoms with E-state index in [0.717, 1.165) is 22.2 Å². The second-order valence-electron chi connectivity index (χ2n) is 4.99. The molecule has 1 aromatic carbocycles. The van der Waals surface area contributed by atoms with Gasteiger partial charge in [-0.25, -0.2) is 0 Å². The third-order valence-corrected chi connectivity index (χ3v) is 3.54. The first kappa shape index (κ1) is 9.78. The number of rotatable bonds is 2. The van der Waals surface area contributed by atoms with Crippen molar-refractivity contribution in [3.05, 3.63) is 24.3 Å². The number of nitrogens with zero attached hydrogens (tertiary/aromatic N) is 4. The third-order valence-electron chi connectivity index (χ3n) is 3.54. The van der Waals surface area contributed by atoms with Crippen LogP contribution < -0.4 is 0 Å². The highest BCUT2D eigenvalue weighted by Gasteiger charge is 2.27. The lowest BCUT2D eigenvalue weighted by atomic mass is 10.3. The quantitative estimate of drug-likeness (QED) is 0.716. The van der Waals surface area contributed by atoms with Crippen LogP contribution in [-0.4, -0.2) is 39.6 Å². The van der Waals surface area contributed by atoms with Gasteiger partial charge in [0.1, 0.15) is 5.52 Å². The van der Waals surface area contributed by atoms with E-state index in [2.05, 4.69) is 23.4 Å². The van der Waals surface area contributed by atoms with Crippen molar-refractivity contribution in [3.8, 4) is 0 Å². The van der Waals surface area contributed by atoms with Crippen molar-refractivity contribution in [2.24, 2.45) is 0 Å². The van der Waals surface area contributed by atoms with Gasteiger partial charge in [-0.05, 0) is 12.1 Å². The molecule has 0 bridgehead atoms. The highest BCUT2D eigenvalue weighted by Crippen LogP contribution is 2.19. The fourth-order valence-corrected chi connectivity index (χ4v) is 2.59. The van der Waals surface area contributed by atoms with Crippen molar-refractivity contribution in [3.63, 3.8) is 0 Å². The van der Waals surface area contributed by atoms with Gasteiger partial charge in [0.25, 0.3) is 0 Å². The summed E-state index contributed by atoms with van der Waals surface area (Å²) in [6.45, 7) is 3.46. The Kier molecular flexibility index (Phi) is 2.17. The molecular formula is C12H17N4+. The summed E-state index contributed by atoms with van der Waals surface area (Å²) >= 11 is 0. The zero-order chi connectivity index (χ0) is 11.0. The van der Waals surface area contributed by atoms with Crippen molar-refractivity contribution in [1.82, 2.24) is 15.0 Å². The van der Waals surface area contributed by atoms with Crippen molar-refractivity contribution in [2.75, 3.05) is 20.1 Å². The van der Waals surface area contributed by atoms with Gasteiger partial charge < -0.3 is 4.48 Å². The Balaban J connectivity index is 1.94. The second kappa shape index (κ2) is 3.56. The number of quaternary nitrogens is 1. The molecule has 2 aromatic rings. The summed E-state index contributed by atoms with van der Waals surface area (Å²) in [5, 5.41) is 8.45. The topological polar surface area (TPSA) is 30.7 Å². The van der Waals surface area contributed by atoms with Crippen LogP contribution in [0.4, 0.5) is 0 Å². The molecule has 1 aliphatic rings. The molecule has 3 rings (SSSR count). The smallest absolute Gasteiger partial charge is 0.176 e. The Morgan fingerprint density at radius 1 is 1.25 bits per heavy atom. The largest absolute Gasteiger partial charge is 0.307 e. The van der Waals surface area contributed by atoms with Crippen LogP contribution in [0, 0.1) is 0 Å². The van der Waals surface area contributed by atoms with Crippen LogP contribution in [0.3, 0.4) is 0 Å². The van der Waals surface area contributed by atoms with E-state index in [4.69, 9.17) is 0 Å². The molecule has 0 unspecified atom stereocenters. The van der Waals surface area contributed by atoms with Gasteiger partial charge in [0, 0.05) is 12.8 Å². The van der Waals surface area contributed by atoms with Crippen LogP contribution in [0.5, 0.6) is 0 Å². The zero-order valence-electron chi connectivity index (χ0n) is 9.63.